The van der Waals surface area contributed by atoms with Gasteiger partial charge in [0.1, 0.15) is 12.4 Å². The van der Waals surface area contributed by atoms with Crippen molar-refractivity contribution in [2.24, 2.45) is 7.05 Å². The van der Waals surface area contributed by atoms with Crippen LogP contribution in [0.25, 0.3) is 0 Å². The molecule has 0 atom stereocenters. The first-order chi connectivity index (χ1) is 8.74. The smallest absolute Gasteiger partial charge is 0.296 e. The van der Waals surface area contributed by atoms with Crippen LogP contribution in [0.1, 0.15) is 17.7 Å². The first-order valence-corrected chi connectivity index (χ1v) is 6.98. The van der Waals surface area contributed by atoms with Gasteiger partial charge in [0.05, 0.1) is 13.6 Å². The van der Waals surface area contributed by atoms with Crippen molar-refractivity contribution >= 4 is 17.4 Å². The van der Waals surface area contributed by atoms with Gasteiger partial charge in [-0.2, -0.15) is 4.57 Å². The van der Waals surface area contributed by atoms with Crippen molar-refractivity contribution < 1.29 is 9.36 Å². The number of rotatable bonds is 3. The van der Waals surface area contributed by atoms with Crippen LogP contribution in [0.2, 0.25) is 0 Å². The summed E-state index contributed by atoms with van der Waals surface area (Å²) in [5.74, 6) is 0. The van der Waals surface area contributed by atoms with E-state index in [1.165, 1.54) is 4.88 Å². The maximum atomic E-state index is 12.4. The van der Waals surface area contributed by atoms with Crippen molar-refractivity contribution in [3.8, 4) is 0 Å². The lowest BCUT2D eigenvalue weighted by molar-refractivity contribution is -0.670. The highest BCUT2D eigenvalue weighted by Gasteiger charge is 2.35. The van der Waals surface area contributed by atoms with Gasteiger partial charge in [0.25, 0.3) is 6.33 Å². The number of nitrogens with zero attached hydrogens (tertiary/aromatic N) is 3. The van der Waals surface area contributed by atoms with Crippen molar-refractivity contribution in [1.82, 2.24) is 9.47 Å². The molecule has 2 aromatic rings. The van der Waals surface area contributed by atoms with Crippen LogP contribution in [0.5, 0.6) is 0 Å². The van der Waals surface area contributed by atoms with E-state index in [2.05, 4.69) is 11.4 Å². The van der Waals surface area contributed by atoms with E-state index in [9.17, 15) is 4.79 Å². The largest absolute Gasteiger partial charge is 0.416 e. The van der Waals surface area contributed by atoms with E-state index in [0.29, 0.717) is 6.04 Å². The summed E-state index contributed by atoms with van der Waals surface area (Å²) in [7, 11) is 1.92. The third-order valence-corrected chi connectivity index (χ3v) is 3.99. The van der Waals surface area contributed by atoms with E-state index in [0.717, 1.165) is 19.4 Å². The van der Waals surface area contributed by atoms with Crippen LogP contribution in [-0.2, 0) is 13.6 Å². The molecule has 0 saturated heterocycles. The van der Waals surface area contributed by atoms with Crippen molar-refractivity contribution in [2.75, 3.05) is 0 Å². The number of imidazole rings is 1. The number of carbonyl (C=O) groups is 1. The molecule has 94 valence electrons. The minimum Gasteiger partial charge on any atom is -0.296 e. The third-order valence-electron chi connectivity index (χ3n) is 3.13. The summed E-state index contributed by atoms with van der Waals surface area (Å²) in [6, 6.07) is 4.62. The standard InChI is InChI=1S/C13H16N3OS/c1-14-6-7-15(10-14)13(17)16(11-4-5-11)9-12-3-2-8-18-12/h2-3,6-8,10-11H,4-5,9H2,1H3/q+1. The van der Waals surface area contributed by atoms with E-state index in [4.69, 9.17) is 0 Å². The number of hydrogen-bond donors (Lipinski definition) is 0. The monoisotopic (exact) mass is 262 g/mol. The van der Waals surface area contributed by atoms with E-state index >= 15 is 0 Å². The second-order valence-electron chi connectivity index (χ2n) is 4.71. The lowest BCUT2D eigenvalue weighted by Crippen LogP contribution is -2.36. The number of carbonyl (C=O) groups excluding carboxylic acids is 1. The number of aromatic nitrogens is 2. The third kappa shape index (κ3) is 2.31. The Morgan fingerprint density at radius 1 is 1.61 bits per heavy atom. The molecule has 3 rings (SSSR count). The molecular formula is C13H16N3OS+. The molecular weight excluding hydrogens is 246 g/mol. The molecule has 0 unspecified atom stereocenters. The summed E-state index contributed by atoms with van der Waals surface area (Å²) in [4.78, 5) is 15.7. The fourth-order valence-electron chi connectivity index (χ4n) is 2.02. The minimum absolute atomic E-state index is 0.0755. The lowest BCUT2D eigenvalue weighted by atomic mass is 10.4. The van der Waals surface area contributed by atoms with Gasteiger partial charge < -0.3 is 0 Å². The van der Waals surface area contributed by atoms with Crippen LogP contribution in [0.4, 0.5) is 4.79 Å². The first kappa shape index (κ1) is 11.5. The van der Waals surface area contributed by atoms with Crippen molar-refractivity contribution in [3.63, 3.8) is 0 Å². The number of thiophene rings is 1. The number of aryl methyl sites for hydroxylation is 1. The highest BCUT2D eigenvalue weighted by molar-refractivity contribution is 7.09. The van der Waals surface area contributed by atoms with Crippen LogP contribution in [0, 0.1) is 0 Å². The molecule has 2 heterocycles. The van der Waals surface area contributed by atoms with Gasteiger partial charge in [0.2, 0.25) is 0 Å². The Labute approximate surface area is 110 Å². The van der Waals surface area contributed by atoms with Gasteiger partial charge in [-0.15, -0.1) is 11.3 Å². The van der Waals surface area contributed by atoms with Crippen LogP contribution < -0.4 is 4.57 Å². The predicted octanol–water partition coefficient (Wildman–Crippen LogP) is 2.01. The molecule has 0 spiro atoms. The van der Waals surface area contributed by atoms with Crippen molar-refractivity contribution in [3.05, 3.63) is 41.1 Å². The minimum atomic E-state index is 0.0755. The molecule has 0 aromatic carbocycles. The van der Waals surface area contributed by atoms with Crippen molar-refractivity contribution in [2.45, 2.75) is 25.4 Å². The molecule has 1 aliphatic carbocycles. The van der Waals surface area contributed by atoms with Gasteiger partial charge in [-0.05, 0) is 24.3 Å². The summed E-state index contributed by atoms with van der Waals surface area (Å²) in [5.41, 5.74) is 0. The molecule has 2 aromatic heterocycles. The van der Waals surface area contributed by atoms with Gasteiger partial charge in [0.15, 0.2) is 0 Å². The maximum absolute atomic E-state index is 12.4. The van der Waals surface area contributed by atoms with Gasteiger partial charge in [-0.25, -0.2) is 9.36 Å². The van der Waals surface area contributed by atoms with Gasteiger partial charge in [-0.1, -0.05) is 6.07 Å². The molecule has 4 nitrogen and oxygen atoms in total. The fraction of sp³-hybridized carbons (Fsp3) is 0.385. The molecule has 18 heavy (non-hydrogen) atoms. The number of amides is 1. The van der Waals surface area contributed by atoms with E-state index in [-0.39, 0.29) is 6.03 Å². The second-order valence-corrected chi connectivity index (χ2v) is 5.74. The molecule has 0 bridgehead atoms. The molecule has 0 N–H and O–H groups in total. The topological polar surface area (TPSA) is 29.1 Å². The average molecular weight is 262 g/mol. The quantitative estimate of drug-likeness (QED) is 0.778. The zero-order chi connectivity index (χ0) is 12.5. The first-order valence-electron chi connectivity index (χ1n) is 6.10. The van der Waals surface area contributed by atoms with Crippen LogP contribution in [0.3, 0.4) is 0 Å². The Kier molecular flexibility index (Phi) is 2.91. The highest BCUT2D eigenvalue weighted by atomic mass is 32.1. The van der Waals surface area contributed by atoms with Crippen LogP contribution in [-0.4, -0.2) is 21.5 Å². The van der Waals surface area contributed by atoms with E-state index in [1.54, 1.807) is 15.9 Å². The van der Waals surface area contributed by atoms with Gasteiger partial charge in [-0.3, -0.25) is 4.90 Å². The Morgan fingerprint density at radius 3 is 3.00 bits per heavy atom. The lowest BCUT2D eigenvalue weighted by Gasteiger charge is -2.18. The summed E-state index contributed by atoms with van der Waals surface area (Å²) in [5, 5.41) is 2.06. The Bertz CT molecular complexity index is 542. The molecule has 1 fully saturated rings. The zero-order valence-corrected chi connectivity index (χ0v) is 11.1. The maximum Gasteiger partial charge on any atom is 0.416 e. The van der Waals surface area contributed by atoms with Gasteiger partial charge in [0, 0.05) is 10.9 Å². The normalized spacial score (nSPS) is 14.7. The summed E-state index contributed by atoms with van der Waals surface area (Å²) in [6.45, 7) is 0.725. The summed E-state index contributed by atoms with van der Waals surface area (Å²) >= 11 is 1.71. The summed E-state index contributed by atoms with van der Waals surface area (Å²) in [6.07, 6.45) is 7.77. The molecule has 0 aliphatic heterocycles. The molecule has 1 amide bonds. The number of hydrogen-bond acceptors (Lipinski definition) is 2. The van der Waals surface area contributed by atoms with Crippen LogP contribution in [0.15, 0.2) is 36.2 Å². The molecule has 1 aliphatic rings. The van der Waals surface area contributed by atoms with Crippen molar-refractivity contribution in [1.29, 1.82) is 0 Å². The summed E-state index contributed by atoms with van der Waals surface area (Å²) < 4.78 is 3.54. The SMILES string of the molecule is C[n+]1ccn(C(=O)N(Cc2cccs2)C2CC2)c1. The highest BCUT2D eigenvalue weighted by Crippen LogP contribution is 2.29. The van der Waals surface area contributed by atoms with Crippen LogP contribution >= 0.6 is 11.3 Å². The predicted molar refractivity (Wildman–Crippen MR) is 69.3 cm³/mol. The Morgan fingerprint density at radius 2 is 2.44 bits per heavy atom. The van der Waals surface area contributed by atoms with Gasteiger partial charge >= 0.3 is 6.03 Å². The Hall–Kier alpha value is -1.62. The molecule has 5 heteroatoms. The fourth-order valence-corrected chi connectivity index (χ4v) is 2.72. The zero-order valence-electron chi connectivity index (χ0n) is 10.3. The average Bonchev–Trinajstić information content (AvgIpc) is 2.88. The Balaban J connectivity index is 1.79. The molecule has 1 saturated carbocycles. The van der Waals surface area contributed by atoms with E-state index < -0.39 is 0 Å². The second kappa shape index (κ2) is 4.57. The molecule has 0 radical (unpaired) electrons. The van der Waals surface area contributed by atoms with E-state index in [1.807, 2.05) is 41.3 Å².